The molecule has 1 saturated heterocycles. The molecule has 0 spiro atoms. The molecule has 3 amide bonds. The highest BCUT2D eigenvalue weighted by Crippen LogP contribution is 2.39. The van der Waals surface area contributed by atoms with Gasteiger partial charge in [0.15, 0.2) is 0 Å². The molecule has 1 saturated carbocycles. The van der Waals surface area contributed by atoms with E-state index < -0.39 is 48.7 Å². The van der Waals surface area contributed by atoms with Gasteiger partial charge in [-0.3, -0.25) is 24.2 Å². The van der Waals surface area contributed by atoms with Gasteiger partial charge in [-0.05, 0) is 54.8 Å². The van der Waals surface area contributed by atoms with Crippen LogP contribution in [0.4, 0.5) is 20.3 Å². The zero-order valence-corrected chi connectivity index (χ0v) is 22.6. The average molecular weight is 569 g/mol. The molecule has 1 aliphatic carbocycles. The zero-order valence-electron chi connectivity index (χ0n) is 22.6. The number of hydrogen-bond donors (Lipinski definition) is 1. The predicted octanol–water partition coefficient (Wildman–Crippen LogP) is 4.32. The highest BCUT2D eigenvalue weighted by Gasteiger charge is 2.48. The Morgan fingerprint density at radius 2 is 1.79 bits per heavy atom. The summed E-state index contributed by atoms with van der Waals surface area (Å²) in [6.45, 7) is 1.77. The molecule has 2 heterocycles. The number of rotatable bonds is 7. The first kappa shape index (κ1) is 28.4. The molecule has 2 aliphatic rings. The van der Waals surface area contributed by atoms with E-state index in [1.54, 1.807) is 49.4 Å². The molecule has 42 heavy (non-hydrogen) atoms. The Labute approximate surface area is 241 Å². The van der Waals surface area contributed by atoms with Crippen LogP contribution in [0.15, 0.2) is 66.9 Å². The van der Waals surface area contributed by atoms with Gasteiger partial charge in [-0.25, -0.2) is 13.8 Å². The molecule has 5 rings (SSSR count). The highest BCUT2D eigenvalue weighted by molar-refractivity contribution is 6.10. The molecule has 3 aromatic rings. The van der Waals surface area contributed by atoms with Crippen molar-refractivity contribution in [3.05, 3.63) is 89.1 Å². The molecule has 2 unspecified atom stereocenters. The molecular weight excluding hydrogens is 542 g/mol. The lowest BCUT2D eigenvalue weighted by Gasteiger charge is -2.39. The summed E-state index contributed by atoms with van der Waals surface area (Å²) in [5.41, 5.74) is 1.83. The Balaban J connectivity index is 1.62. The standard InChI is InChI=1S/C31H26F2N6O3/c1-19-5-2-3-8-24(19)28(29(41)37-22-15-31(32,33)16-22)38(23-7-4-6-20(13-23)17-34)30(42)25-9-10-27(40)39(25)26-14-21(18-35)11-12-36-26/h2-8,11-14,22,25,28H,9-10,15-16H2,1H3,(H,37,41). The van der Waals surface area contributed by atoms with Crippen molar-refractivity contribution in [2.45, 2.75) is 56.7 Å². The fourth-order valence-electron chi connectivity index (χ4n) is 5.45. The minimum Gasteiger partial charge on any atom is -0.351 e. The smallest absolute Gasteiger partial charge is 0.252 e. The summed E-state index contributed by atoms with van der Waals surface area (Å²) in [6, 6.07) is 16.8. The largest absolute Gasteiger partial charge is 0.351 e. The molecule has 2 aromatic carbocycles. The third-order valence-electron chi connectivity index (χ3n) is 7.54. The summed E-state index contributed by atoms with van der Waals surface area (Å²) in [6.07, 6.45) is 0.486. The second-order valence-electron chi connectivity index (χ2n) is 10.4. The molecule has 2 fully saturated rings. The van der Waals surface area contributed by atoms with Gasteiger partial charge in [0.1, 0.15) is 17.9 Å². The van der Waals surface area contributed by atoms with E-state index in [2.05, 4.69) is 10.3 Å². The molecule has 0 radical (unpaired) electrons. The molecule has 9 nitrogen and oxygen atoms in total. The molecular formula is C31H26F2N6O3. The summed E-state index contributed by atoms with van der Waals surface area (Å²) in [4.78, 5) is 48.3. The number of nitrogens with one attached hydrogen (secondary N) is 1. The highest BCUT2D eigenvalue weighted by atomic mass is 19.3. The number of halogens is 2. The quantitative estimate of drug-likeness (QED) is 0.452. The van der Waals surface area contributed by atoms with Gasteiger partial charge in [0.05, 0.1) is 23.3 Å². The maximum Gasteiger partial charge on any atom is 0.252 e. The van der Waals surface area contributed by atoms with Crippen molar-refractivity contribution in [1.29, 1.82) is 10.5 Å². The predicted molar refractivity (Wildman–Crippen MR) is 148 cm³/mol. The van der Waals surface area contributed by atoms with Gasteiger partial charge >= 0.3 is 0 Å². The third kappa shape index (κ3) is 5.54. The van der Waals surface area contributed by atoms with Crippen LogP contribution in [0.5, 0.6) is 0 Å². The van der Waals surface area contributed by atoms with E-state index in [0.29, 0.717) is 11.1 Å². The molecule has 2 atom stereocenters. The van der Waals surface area contributed by atoms with Crippen molar-refractivity contribution in [3.8, 4) is 12.1 Å². The van der Waals surface area contributed by atoms with Crippen LogP contribution in [0.25, 0.3) is 0 Å². The van der Waals surface area contributed by atoms with Crippen molar-refractivity contribution in [3.63, 3.8) is 0 Å². The monoisotopic (exact) mass is 568 g/mol. The number of nitriles is 2. The van der Waals surface area contributed by atoms with Gasteiger partial charge in [-0.2, -0.15) is 10.5 Å². The summed E-state index contributed by atoms with van der Waals surface area (Å²) in [5, 5.41) is 21.6. The van der Waals surface area contributed by atoms with Crippen LogP contribution < -0.4 is 15.1 Å². The van der Waals surface area contributed by atoms with Crippen molar-refractivity contribution < 1.29 is 23.2 Å². The number of aryl methyl sites for hydroxylation is 1. The van der Waals surface area contributed by atoms with Crippen LogP contribution >= 0.6 is 0 Å². The zero-order chi connectivity index (χ0) is 30.0. The van der Waals surface area contributed by atoms with Crippen LogP contribution in [0, 0.1) is 29.6 Å². The lowest BCUT2D eigenvalue weighted by atomic mass is 9.87. The Morgan fingerprint density at radius 3 is 2.48 bits per heavy atom. The normalized spacial score (nSPS) is 18.4. The van der Waals surface area contributed by atoms with E-state index >= 15 is 0 Å². The summed E-state index contributed by atoms with van der Waals surface area (Å²) in [7, 11) is 0. The van der Waals surface area contributed by atoms with Crippen molar-refractivity contribution >= 4 is 29.2 Å². The van der Waals surface area contributed by atoms with Gasteiger partial charge in [-0.15, -0.1) is 0 Å². The number of alkyl halides is 2. The average Bonchev–Trinajstić information content (AvgIpc) is 3.36. The maximum absolute atomic E-state index is 14.6. The number of carbonyl (C=O) groups excluding carboxylic acids is 3. The molecule has 212 valence electrons. The van der Waals surface area contributed by atoms with Crippen LogP contribution in [0.1, 0.15) is 54.0 Å². The summed E-state index contributed by atoms with van der Waals surface area (Å²) in [5.74, 6) is -4.42. The first-order chi connectivity index (χ1) is 20.1. The van der Waals surface area contributed by atoms with Gasteiger partial charge in [-0.1, -0.05) is 30.3 Å². The van der Waals surface area contributed by atoms with E-state index in [-0.39, 0.29) is 41.4 Å². The minimum atomic E-state index is -2.87. The van der Waals surface area contributed by atoms with E-state index in [1.165, 1.54) is 34.2 Å². The fraction of sp³-hybridized carbons (Fsp3) is 0.290. The minimum absolute atomic E-state index is 0.0271. The number of pyridine rings is 1. The first-order valence-electron chi connectivity index (χ1n) is 13.4. The van der Waals surface area contributed by atoms with Gasteiger partial charge in [0, 0.05) is 37.2 Å². The van der Waals surface area contributed by atoms with Crippen LogP contribution in [-0.2, 0) is 14.4 Å². The third-order valence-corrected chi connectivity index (χ3v) is 7.54. The maximum atomic E-state index is 14.6. The number of hydrogen-bond acceptors (Lipinski definition) is 6. The van der Waals surface area contributed by atoms with Crippen LogP contribution in [-0.4, -0.2) is 40.7 Å². The second-order valence-corrected chi connectivity index (χ2v) is 10.4. The van der Waals surface area contributed by atoms with Gasteiger partial charge in [0.2, 0.25) is 11.8 Å². The van der Waals surface area contributed by atoms with Crippen molar-refractivity contribution in [2.24, 2.45) is 0 Å². The number of amides is 3. The lowest BCUT2D eigenvalue weighted by Crippen LogP contribution is -2.56. The number of carbonyl (C=O) groups is 3. The molecule has 1 aromatic heterocycles. The Kier molecular flexibility index (Phi) is 7.68. The van der Waals surface area contributed by atoms with E-state index in [9.17, 15) is 33.7 Å². The fourth-order valence-corrected chi connectivity index (χ4v) is 5.45. The molecule has 1 aliphatic heterocycles. The van der Waals surface area contributed by atoms with Crippen LogP contribution in [0.3, 0.4) is 0 Å². The van der Waals surface area contributed by atoms with Crippen molar-refractivity contribution in [1.82, 2.24) is 10.3 Å². The number of benzene rings is 2. The first-order valence-corrected chi connectivity index (χ1v) is 13.4. The topological polar surface area (TPSA) is 130 Å². The van der Waals surface area contributed by atoms with E-state index in [0.717, 1.165) is 0 Å². The molecule has 0 bridgehead atoms. The van der Waals surface area contributed by atoms with E-state index in [1.807, 2.05) is 12.1 Å². The van der Waals surface area contributed by atoms with Crippen molar-refractivity contribution in [2.75, 3.05) is 9.80 Å². The molecule has 11 heteroatoms. The lowest BCUT2D eigenvalue weighted by molar-refractivity contribution is -0.133. The summed E-state index contributed by atoms with van der Waals surface area (Å²) < 4.78 is 27.3. The van der Waals surface area contributed by atoms with Gasteiger partial charge < -0.3 is 5.32 Å². The number of aromatic nitrogens is 1. The van der Waals surface area contributed by atoms with Crippen LogP contribution in [0.2, 0.25) is 0 Å². The van der Waals surface area contributed by atoms with E-state index in [4.69, 9.17) is 0 Å². The second kappa shape index (κ2) is 11.4. The number of anilines is 2. The summed E-state index contributed by atoms with van der Waals surface area (Å²) >= 11 is 0. The van der Waals surface area contributed by atoms with Gasteiger partial charge in [0.25, 0.3) is 11.8 Å². The Hall–Kier alpha value is -5.16. The number of nitrogens with zero attached hydrogens (tertiary/aromatic N) is 5. The Bertz CT molecular complexity index is 1640. The Morgan fingerprint density at radius 1 is 1.07 bits per heavy atom. The molecule has 1 N–H and O–H groups in total. The SMILES string of the molecule is Cc1ccccc1C(C(=O)NC1CC(F)(F)C1)N(C(=O)C1CCC(=O)N1c1cc(C#N)ccn1)c1cccc(C#N)c1.